The maximum Gasteiger partial charge on any atom is 0.129 e. The summed E-state index contributed by atoms with van der Waals surface area (Å²) in [5.74, 6) is 0.405. The third-order valence-electron chi connectivity index (χ3n) is 2.85. The maximum absolute atomic E-state index is 10.5. The van der Waals surface area contributed by atoms with Gasteiger partial charge in [-0.3, -0.25) is 0 Å². The predicted octanol–water partition coefficient (Wildman–Crippen LogP) is 2.57. The van der Waals surface area contributed by atoms with E-state index in [2.05, 4.69) is 4.98 Å². The first-order valence-corrected chi connectivity index (χ1v) is 5.43. The Labute approximate surface area is 95.3 Å². The number of aromatic nitrogens is 1. The summed E-state index contributed by atoms with van der Waals surface area (Å²) in [5, 5.41) is 11.0. The van der Waals surface area contributed by atoms with Crippen LogP contribution < -0.4 is 5.73 Å². The quantitative estimate of drug-likeness (QED) is 0.836. The molecule has 0 saturated heterocycles. The van der Waals surface area contributed by atoms with E-state index in [9.17, 15) is 5.11 Å². The second-order valence-electron chi connectivity index (χ2n) is 4.02. The third kappa shape index (κ3) is 2.24. The van der Waals surface area contributed by atoms with Crippen molar-refractivity contribution in [1.29, 1.82) is 0 Å². The number of halogens is 1. The van der Waals surface area contributed by atoms with E-state index in [1.165, 1.54) is 6.20 Å². The lowest BCUT2D eigenvalue weighted by atomic mass is 9.81. The van der Waals surface area contributed by atoms with Gasteiger partial charge in [0.25, 0.3) is 0 Å². The van der Waals surface area contributed by atoms with Crippen molar-refractivity contribution in [1.82, 2.24) is 4.98 Å². The summed E-state index contributed by atoms with van der Waals surface area (Å²) >= 11 is 5.86. The Bertz CT molecular complexity index is 354. The van der Waals surface area contributed by atoms with Crippen molar-refractivity contribution in [3.8, 4) is 0 Å². The molecule has 0 aliphatic heterocycles. The monoisotopic (exact) mass is 228 g/mol. The Hall–Kier alpha value is -0.800. The van der Waals surface area contributed by atoms with Crippen LogP contribution in [0.5, 0.6) is 0 Å². The molecule has 0 amide bonds. The zero-order chi connectivity index (χ0) is 11.6. The molecule has 1 aromatic heterocycles. The van der Waals surface area contributed by atoms with Gasteiger partial charge in [-0.25, -0.2) is 4.98 Å². The molecule has 0 aliphatic rings. The first-order chi connectivity index (χ1) is 6.91. The molecule has 0 spiro atoms. The molecule has 3 N–H and O–H groups in total. The molecule has 1 atom stereocenters. The molecule has 0 bridgehead atoms. The fourth-order valence-electron chi connectivity index (χ4n) is 1.71. The number of rotatable bonds is 3. The van der Waals surface area contributed by atoms with E-state index in [0.29, 0.717) is 22.8 Å². The second kappa shape index (κ2) is 4.37. The standard InChI is InChI=1S/C11H17ClN2O/c1-4-11(15,7(2)3)9-5-8(12)6-14-10(9)13/h5-7,15H,4H2,1-3H3,(H2,13,14). The molecular weight excluding hydrogens is 212 g/mol. The van der Waals surface area contributed by atoms with Crippen LogP contribution in [0.1, 0.15) is 32.8 Å². The van der Waals surface area contributed by atoms with Crippen LogP contribution in [0, 0.1) is 5.92 Å². The lowest BCUT2D eigenvalue weighted by molar-refractivity contribution is -0.0135. The summed E-state index contributed by atoms with van der Waals surface area (Å²) in [7, 11) is 0. The fourth-order valence-corrected chi connectivity index (χ4v) is 1.86. The highest BCUT2D eigenvalue weighted by molar-refractivity contribution is 6.30. The summed E-state index contributed by atoms with van der Waals surface area (Å²) in [6, 6.07) is 1.69. The largest absolute Gasteiger partial charge is 0.385 e. The van der Waals surface area contributed by atoms with Crippen LogP contribution in [0.25, 0.3) is 0 Å². The lowest BCUT2D eigenvalue weighted by Crippen LogP contribution is -2.32. The van der Waals surface area contributed by atoms with E-state index < -0.39 is 5.60 Å². The van der Waals surface area contributed by atoms with E-state index in [1.54, 1.807) is 6.07 Å². The normalized spacial score (nSPS) is 15.3. The smallest absolute Gasteiger partial charge is 0.129 e. The number of aliphatic hydroxyl groups is 1. The third-order valence-corrected chi connectivity index (χ3v) is 3.05. The molecule has 0 radical (unpaired) electrons. The van der Waals surface area contributed by atoms with Gasteiger partial charge in [-0.2, -0.15) is 0 Å². The van der Waals surface area contributed by atoms with E-state index in [1.807, 2.05) is 20.8 Å². The Balaban J connectivity index is 3.29. The Morgan fingerprint density at radius 2 is 2.20 bits per heavy atom. The van der Waals surface area contributed by atoms with Crippen LogP contribution in [0.4, 0.5) is 5.82 Å². The van der Waals surface area contributed by atoms with E-state index >= 15 is 0 Å². The Morgan fingerprint density at radius 3 is 2.67 bits per heavy atom. The van der Waals surface area contributed by atoms with Gasteiger partial charge in [0.1, 0.15) is 5.82 Å². The summed E-state index contributed by atoms with van der Waals surface area (Å²) in [6.45, 7) is 5.81. The zero-order valence-corrected chi connectivity index (χ0v) is 10.0. The van der Waals surface area contributed by atoms with Crippen molar-refractivity contribution in [3.63, 3.8) is 0 Å². The van der Waals surface area contributed by atoms with Gasteiger partial charge in [0, 0.05) is 11.8 Å². The molecule has 0 aliphatic carbocycles. The molecule has 1 unspecified atom stereocenters. The van der Waals surface area contributed by atoms with Crippen LogP contribution >= 0.6 is 11.6 Å². The zero-order valence-electron chi connectivity index (χ0n) is 9.29. The lowest BCUT2D eigenvalue weighted by Gasteiger charge is -2.32. The number of nitrogen functional groups attached to an aromatic ring is 1. The molecule has 0 saturated carbocycles. The highest BCUT2D eigenvalue weighted by Gasteiger charge is 2.33. The van der Waals surface area contributed by atoms with E-state index in [-0.39, 0.29) is 5.92 Å². The Morgan fingerprint density at radius 1 is 1.60 bits per heavy atom. The van der Waals surface area contributed by atoms with Gasteiger partial charge in [-0.05, 0) is 18.4 Å². The van der Waals surface area contributed by atoms with Gasteiger partial charge >= 0.3 is 0 Å². The molecule has 4 heteroatoms. The SMILES string of the molecule is CCC(O)(c1cc(Cl)cnc1N)C(C)C. The van der Waals surface area contributed by atoms with Crippen molar-refractivity contribution in [3.05, 3.63) is 22.8 Å². The first-order valence-electron chi connectivity index (χ1n) is 5.05. The number of pyridine rings is 1. The first kappa shape index (κ1) is 12.3. The summed E-state index contributed by atoms with van der Waals surface area (Å²) in [6.07, 6.45) is 2.06. The average Bonchev–Trinajstić information content (AvgIpc) is 2.20. The van der Waals surface area contributed by atoms with Gasteiger partial charge in [-0.1, -0.05) is 32.4 Å². The average molecular weight is 229 g/mol. The highest BCUT2D eigenvalue weighted by atomic mass is 35.5. The predicted molar refractivity (Wildman–Crippen MR) is 62.7 cm³/mol. The molecule has 84 valence electrons. The van der Waals surface area contributed by atoms with Gasteiger partial charge in [0.2, 0.25) is 0 Å². The van der Waals surface area contributed by atoms with Crippen LogP contribution in [0.15, 0.2) is 12.3 Å². The van der Waals surface area contributed by atoms with Crippen molar-refractivity contribution < 1.29 is 5.11 Å². The minimum Gasteiger partial charge on any atom is -0.385 e. The number of hydrogen-bond acceptors (Lipinski definition) is 3. The second-order valence-corrected chi connectivity index (χ2v) is 4.46. The molecule has 0 fully saturated rings. The molecule has 1 aromatic rings. The van der Waals surface area contributed by atoms with Crippen molar-refractivity contribution in [2.75, 3.05) is 5.73 Å². The number of anilines is 1. The van der Waals surface area contributed by atoms with Crippen LogP contribution in [0.3, 0.4) is 0 Å². The number of nitrogens with zero attached hydrogens (tertiary/aromatic N) is 1. The molecular formula is C11H17ClN2O. The molecule has 1 heterocycles. The number of hydrogen-bond donors (Lipinski definition) is 2. The van der Waals surface area contributed by atoms with Gasteiger partial charge < -0.3 is 10.8 Å². The molecule has 1 rings (SSSR count). The van der Waals surface area contributed by atoms with Crippen LogP contribution in [0.2, 0.25) is 5.02 Å². The minimum atomic E-state index is -0.956. The van der Waals surface area contributed by atoms with Crippen molar-refractivity contribution in [2.24, 2.45) is 5.92 Å². The van der Waals surface area contributed by atoms with Crippen LogP contribution in [-0.4, -0.2) is 10.1 Å². The van der Waals surface area contributed by atoms with Gasteiger partial charge in [0.15, 0.2) is 0 Å². The Kier molecular flexibility index (Phi) is 3.58. The van der Waals surface area contributed by atoms with Gasteiger partial charge in [-0.15, -0.1) is 0 Å². The van der Waals surface area contributed by atoms with Crippen molar-refractivity contribution in [2.45, 2.75) is 32.8 Å². The van der Waals surface area contributed by atoms with E-state index in [0.717, 1.165) is 0 Å². The van der Waals surface area contributed by atoms with Gasteiger partial charge in [0.05, 0.1) is 10.6 Å². The van der Waals surface area contributed by atoms with Crippen molar-refractivity contribution >= 4 is 17.4 Å². The molecule has 0 aromatic carbocycles. The highest BCUT2D eigenvalue weighted by Crippen LogP contribution is 2.36. The minimum absolute atomic E-state index is 0.0602. The van der Waals surface area contributed by atoms with Crippen LogP contribution in [-0.2, 0) is 5.60 Å². The molecule has 15 heavy (non-hydrogen) atoms. The number of nitrogens with two attached hydrogens (primary N) is 1. The molecule has 3 nitrogen and oxygen atoms in total. The summed E-state index contributed by atoms with van der Waals surface area (Å²) in [5.41, 5.74) is 5.42. The van der Waals surface area contributed by atoms with E-state index in [4.69, 9.17) is 17.3 Å². The summed E-state index contributed by atoms with van der Waals surface area (Å²) in [4.78, 5) is 3.96. The topological polar surface area (TPSA) is 59.1 Å². The fraction of sp³-hybridized carbons (Fsp3) is 0.545. The maximum atomic E-state index is 10.5. The summed E-state index contributed by atoms with van der Waals surface area (Å²) < 4.78 is 0.